The van der Waals surface area contributed by atoms with Gasteiger partial charge in [0.15, 0.2) is 5.82 Å². The van der Waals surface area contributed by atoms with Crippen LogP contribution in [0.4, 0.5) is 5.82 Å². The van der Waals surface area contributed by atoms with E-state index in [2.05, 4.69) is 36.7 Å². The fourth-order valence-electron chi connectivity index (χ4n) is 1.73. The largest absolute Gasteiger partial charge is 0.481 e. The zero-order valence-corrected chi connectivity index (χ0v) is 13.9. The lowest BCUT2D eigenvalue weighted by Crippen LogP contribution is -2.16. The normalized spacial score (nSPS) is 11.1. The SMILES string of the molecule is O=C(O)CCC(=NNc1ccc(-c2ccc(Br)cc2)nn1)C(=O)O. The lowest BCUT2D eigenvalue weighted by atomic mass is 10.1. The van der Waals surface area contributed by atoms with Crippen LogP contribution in [0.25, 0.3) is 11.3 Å². The average Bonchev–Trinajstić information content (AvgIpc) is 2.55. The Morgan fingerprint density at radius 3 is 2.29 bits per heavy atom. The monoisotopic (exact) mass is 392 g/mol. The number of hydrogen-bond donors (Lipinski definition) is 3. The summed E-state index contributed by atoms with van der Waals surface area (Å²) in [4.78, 5) is 21.5. The molecule has 0 fully saturated rings. The Morgan fingerprint density at radius 2 is 1.75 bits per heavy atom. The molecule has 124 valence electrons. The summed E-state index contributed by atoms with van der Waals surface area (Å²) in [6.07, 6.45) is -0.511. The van der Waals surface area contributed by atoms with Gasteiger partial charge in [0.05, 0.1) is 12.1 Å². The molecular weight excluding hydrogens is 380 g/mol. The number of carboxylic acids is 2. The summed E-state index contributed by atoms with van der Waals surface area (Å²) in [5.74, 6) is -2.13. The molecule has 1 aromatic carbocycles. The summed E-state index contributed by atoms with van der Waals surface area (Å²) in [5.41, 5.74) is 3.71. The molecule has 0 aliphatic heterocycles. The number of benzene rings is 1. The van der Waals surface area contributed by atoms with Crippen LogP contribution in [0.3, 0.4) is 0 Å². The summed E-state index contributed by atoms with van der Waals surface area (Å²) < 4.78 is 0.953. The van der Waals surface area contributed by atoms with Crippen LogP contribution < -0.4 is 5.43 Å². The first-order chi connectivity index (χ1) is 11.5. The Morgan fingerprint density at radius 1 is 1.04 bits per heavy atom. The van der Waals surface area contributed by atoms with Crippen molar-refractivity contribution in [2.75, 3.05) is 5.43 Å². The van der Waals surface area contributed by atoms with Crippen molar-refractivity contribution in [1.82, 2.24) is 10.2 Å². The van der Waals surface area contributed by atoms with Crippen molar-refractivity contribution >= 4 is 39.4 Å². The van der Waals surface area contributed by atoms with Gasteiger partial charge in [0.25, 0.3) is 0 Å². The standard InChI is InChI=1S/C15H13BrN4O4/c16-10-3-1-9(2-4-10)11-5-7-13(19-17-11)20-18-12(15(23)24)6-8-14(21)22/h1-5,7H,6,8H2,(H,19,20)(H,21,22)(H,23,24). The van der Waals surface area contributed by atoms with Crippen molar-refractivity contribution in [3.05, 3.63) is 40.9 Å². The number of rotatable bonds is 7. The fraction of sp³-hybridized carbons (Fsp3) is 0.133. The molecule has 0 aliphatic rings. The van der Waals surface area contributed by atoms with Crippen LogP contribution in [-0.2, 0) is 9.59 Å². The number of anilines is 1. The van der Waals surface area contributed by atoms with Gasteiger partial charge in [-0.25, -0.2) is 4.79 Å². The van der Waals surface area contributed by atoms with Gasteiger partial charge in [-0.05, 0) is 24.3 Å². The summed E-state index contributed by atoms with van der Waals surface area (Å²) in [5, 5.41) is 29.2. The number of carbonyl (C=O) groups is 2. The molecule has 1 aromatic heterocycles. The molecule has 0 spiro atoms. The number of hydrogen-bond acceptors (Lipinski definition) is 6. The third-order valence-electron chi connectivity index (χ3n) is 2.93. The summed E-state index contributed by atoms with van der Waals surface area (Å²) in [7, 11) is 0. The highest BCUT2D eigenvalue weighted by atomic mass is 79.9. The van der Waals surface area contributed by atoms with Crippen molar-refractivity contribution < 1.29 is 19.8 Å². The summed E-state index contributed by atoms with van der Waals surface area (Å²) in [6, 6.07) is 10.8. The van der Waals surface area contributed by atoms with Crippen LogP contribution in [0.15, 0.2) is 46.0 Å². The van der Waals surface area contributed by atoms with Crippen LogP contribution in [0.1, 0.15) is 12.8 Å². The van der Waals surface area contributed by atoms with Gasteiger partial charge in [-0.15, -0.1) is 10.2 Å². The average molecular weight is 393 g/mol. The second kappa shape index (κ2) is 8.16. The maximum Gasteiger partial charge on any atom is 0.352 e. The molecule has 0 saturated heterocycles. The molecule has 9 heteroatoms. The molecule has 1 heterocycles. The van der Waals surface area contributed by atoms with Gasteiger partial charge in [0.2, 0.25) is 0 Å². The fourth-order valence-corrected chi connectivity index (χ4v) is 1.99. The van der Waals surface area contributed by atoms with E-state index in [1.807, 2.05) is 24.3 Å². The van der Waals surface area contributed by atoms with Crippen molar-refractivity contribution in [3.8, 4) is 11.3 Å². The predicted octanol–water partition coefficient (Wildman–Crippen LogP) is 2.62. The number of nitrogens with zero attached hydrogens (tertiary/aromatic N) is 3. The zero-order valence-electron chi connectivity index (χ0n) is 12.3. The topological polar surface area (TPSA) is 125 Å². The van der Waals surface area contributed by atoms with E-state index in [-0.39, 0.29) is 24.4 Å². The molecule has 8 nitrogen and oxygen atoms in total. The molecule has 0 unspecified atom stereocenters. The first-order valence-electron chi connectivity index (χ1n) is 6.83. The number of aliphatic carboxylic acids is 2. The van der Waals surface area contributed by atoms with Gasteiger partial charge in [0, 0.05) is 16.5 Å². The number of aromatic nitrogens is 2. The van der Waals surface area contributed by atoms with Crippen molar-refractivity contribution in [1.29, 1.82) is 0 Å². The zero-order chi connectivity index (χ0) is 17.5. The van der Waals surface area contributed by atoms with Gasteiger partial charge in [-0.1, -0.05) is 28.1 Å². The molecule has 0 atom stereocenters. The maximum atomic E-state index is 11.0. The van der Waals surface area contributed by atoms with E-state index in [4.69, 9.17) is 10.2 Å². The molecule has 3 N–H and O–H groups in total. The second-order valence-corrected chi connectivity index (χ2v) is 5.60. The smallest absolute Gasteiger partial charge is 0.352 e. The minimum absolute atomic E-state index is 0.192. The third kappa shape index (κ3) is 5.13. The number of hydrazone groups is 1. The highest BCUT2D eigenvalue weighted by Crippen LogP contribution is 2.19. The number of carboxylic acid groups (broad SMARTS) is 2. The summed E-state index contributed by atoms with van der Waals surface area (Å²) in [6.45, 7) is 0. The Bertz CT molecular complexity index is 760. The first-order valence-corrected chi connectivity index (χ1v) is 7.62. The van der Waals surface area contributed by atoms with Crippen molar-refractivity contribution in [3.63, 3.8) is 0 Å². The molecule has 0 bridgehead atoms. The van der Waals surface area contributed by atoms with Crippen molar-refractivity contribution in [2.45, 2.75) is 12.8 Å². The van der Waals surface area contributed by atoms with E-state index < -0.39 is 11.9 Å². The molecule has 0 amide bonds. The van der Waals surface area contributed by atoms with Gasteiger partial charge < -0.3 is 10.2 Å². The molecule has 24 heavy (non-hydrogen) atoms. The summed E-state index contributed by atoms with van der Waals surface area (Å²) >= 11 is 3.35. The second-order valence-electron chi connectivity index (χ2n) is 4.68. The highest BCUT2D eigenvalue weighted by Gasteiger charge is 2.12. The molecule has 0 radical (unpaired) electrons. The first kappa shape index (κ1) is 17.5. The van der Waals surface area contributed by atoms with Crippen molar-refractivity contribution in [2.24, 2.45) is 5.10 Å². The Kier molecular flexibility index (Phi) is 5.96. The van der Waals surface area contributed by atoms with E-state index in [1.54, 1.807) is 12.1 Å². The molecule has 2 rings (SSSR count). The third-order valence-corrected chi connectivity index (χ3v) is 3.46. The Hall–Kier alpha value is -2.81. The van der Waals surface area contributed by atoms with Crippen LogP contribution in [-0.4, -0.2) is 38.1 Å². The molecule has 0 aliphatic carbocycles. The number of halogens is 1. The quantitative estimate of drug-likeness (QED) is 0.488. The lowest BCUT2D eigenvalue weighted by Gasteiger charge is -2.04. The van der Waals surface area contributed by atoms with Gasteiger partial charge in [-0.3, -0.25) is 10.2 Å². The molecule has 0 saturated carbocycles. The van der Waals surface area contributed by atoms with E-state index in [1.165, 1.54) is 0 Å². The minimum Gasteiger partial charge on any atom is -0.481 e. The van der Waals surface area contributed by atoms with Gasteiger partial charge in [0.1, 0.15) is 5.71 Å². The van der Waals surface area contributed by atoms with Crippen LogP contribution in [0, 0.1) is 0 Å². The number of nitrogens with one attached hydrogen (secondary N) is 1. The predicted molar refractivity (Wildman–Crippen MR) is 90.7 cm³/mol. The van der Waals surface area contributed by atoms with E-state index >= 15 is 0 Å². The lowest BCUT2D eigenvalue weighted by molar-refractivity contribution is -0.136. The molecular formula is C15H13BrN4O4. The maximum absolute atomic E-state index is 11.0. The highest BCUT2D eigenvalue weighted by molar-refractivity contribution is 9.10. The Balaban J connectivity index is 2.07. The van der Waals surface area contributed by atoms with Gasteiger partial charge in [-0.2, -0.15) is 5.10 Å². The Labute approximate surface area is 145 Å². The molecule has 2 aromatic rings. The van der Waals surface area contributed by atoms with E-state index in [9.17, 15) is 9.59 Å². The van der Waals surface area contributed by atoms with Crippen LogP contribution in [0.2, 0.25) is 0 Å². The minimum atomic E-state index is -1.29. The van der Waals surface area contributed by atoms with Crippen LogP contribution >= 0.6 is 15.9 Å². The van der Waals surface area contributed by atoms with Gasteiger partial charge >= 0.3 is 11.9 Å². The van der Waals surface area contributed by atoms with E-state index in [0.29, 0.717) is 5.69 Å². The van der Waals surface area contributed by atoms with E-state index in [0.717, 1.165) is 10.0 Å². The van der Waals surface area contributed by atoms with Crippen LogP contribution in [0.5, 0.6) is 0 Å².